The van der Waals surface area contributed by atoms with Gasteiger partial charge in [0.2, 0.25) is 11.8 Å². The zero-order chi connectivity index (χ0) is 14.0. The van der Waals surface area contributed by atoms with Gasteiger partial charge in [-0.2, -0.15) is 13.2 Å². The Bertz CT molecular complexity index is 514. The molecule has 1 saturated heterocycles. The Morgan fingerprint density at radius 2 is 2.00 bits per heavy atom. The molecule has 4 nitrogen and oxygen atoms in total. The molecule has 2 rings (SSSR count). The van der Waals surface area contributed by atoms with Gasteiger partial charge in [-0.15, -0.1) is 0 Å². The number of piperidine rings is 1. The van der Waals surface area contributed by atoms with Crippen molar-refractivity contribution in [1.82, 2.24) is 5.32 Å². The van der Waals surface area contributed by atoms with E-state index in [2.05, 4.69) is 10.6 Å². The fourth-order valence-electron chi connectivity index (χ4n) is 1.82. The van der Waals surface area contributed by atoms with Crippen LogP contribution in [0, 0.1) is 0 Å². The molecule has 2 amide bonds. The molecule has 1 fully saturated rings. The van der Waals surface area contributed by atoms with Crippen molar-refractivity contribution in [2.45, 2.75) is 25.1 Å². The molecule has 1 heterocycles. The summed E-state index contributed by atoms with van der Waals surface area (Å²) in [6, 6.07) is 3.90. The highest BCUT2D eigenvalue weighted by atomic mass is 19.4. The lowest BCUT2D eigenvalue weighted by atomic mass is 10.1. The highest BCUT2D eigenvalue weighted by Gasteiger charge is 2.31. The van der Waals surface area contributed by atoms with Crippen molar-refractivity contribution in [2.24, 2.45) is 0 Å². The molecule has 0 aromatic heterocycles. The monoisotopic (exact) mass is 272 g/mol. The van der Waals surface area contributed by atoms with Crippen LogP contribution in [0.2, 0.25) is 0 Å². The Morgan fingerprint density at radius 3 is 2.63 bits per heavy atom. The quantitative estimate of drug-likeness (QED) is 0.809. The van der Waals surface area contributed by atoms with E-state index >= 15 is 0 Å². The molecule has 1 aliphatic rings. The maximum atomic E-state index is 12.5. The molecule has 7 heteroatoms. The number of anilines is 1. The molecule has 1 unspecified atom stereocenters. The first-order valence-corrected chi connectivity index (χ1v) is 5.64. The van der Waals surface area contributed by atoms with Gasteiger partial charge in [0.15, 0.2) is 0 Å². The number of benzene rings is 1. The number of carbonyl (C=O) groups is 2. The van der Waals surface area contributed by atoms with Gasteiger partial charge in [0.05, 0.1) is 5.56 Å². The van der Waals surface area contributed by atoms with Crippen molar-refractivity contribution < 1.29 is 22.8 Å². The summed E-state index contributed by atoms with van der Waals surface area (Å²) in [5.74, 6) is -0.888. The van der Waals surface area contributed by atoms with Crippen molar-refractivity contribution in [3.05, 3.63) is 29.8 Å². The van der Waals surface area contributed by atoms with E-state index in [0.29, 0.717) is 0 Å². The molecule has 0 radical (unpaired) electrons. The number of hydrogen-bond donors (Lipinski definition) is 2. The molecule has 0 saturated carbocycles. The molecule has 102 valence electrons. The van der Waals surface area contributed by atoms with E-state index in [1.54, 1.807) is 0 Å². The minimum atomic E-state index is -4.43. The second-order valence-corrected chi connectivity index (χ2v) is 4.23. The summed E-state index contributed by atoms with van der Waals surface area (Å²) in [7, 11) is 0. The topological polar surface area (TPSA) is 58.2 Å². The first-order valence-electron chi connectivity index (χ1n) is 5.64. The number of nitrogens with one attached hydrogen (secondary N) is 2. The van der Waals surface area contributed by atoms with E-state index in [1.165, 1.54) is 12.1 Å². The van der Waals surface area contributed by atoms with Crippen LogP contribution in [-0.4, -0.2) is 17.9 Å². The molecule has 0 aliphatic carbocycles. The summed E-state index contributed by atoms with van der Waals surface area (Å²) in [5, 5.41) is 4.83. The Balaban J connectivity index is 2.11. The van der Waals surface area contributed by atoms with Gasteiger partial charge in [-0.1, -0.05) is 6.07 Å². The highest BCUT2D eigenvalue weighted by molar-refractivity contribution is 6.01. The van der Waals surface area contributed by atoms with E-state index in [-0.39, 0.29) is 24.4 Å². The summed E-state index contributed by atoms with van der Waals surface area (Å²) >= 11 is 0. The molecular formula is C12H11F3N2O2. The number of alkyl halides is 3. The van der Waals surface area contributed by atoms with E-state index < -0.39 is 23.7 Å². The third-order valence-electron chi connectivity index (χ3n) is 2.77. The Kier molecular flexibility index (Phi) is 3.46. The minimum Gasteiger partial charge on any atom is -0.374 e. The summed E-state index contributed by atoms with van der Waals surface area (Å²) < 4.78 is 37.6. The lowest BCUT2D eigenvalue weighted by Gasteiger charge is -2.23. The van der Waals surface area contributed by atoms with Crippen molar-refractivity contribution in [3.8, 4) is 0 Å². The lowest BCUT2D eigenvalue weighted by molar-refractivity contribution is -0.137. The Labute approximate surface area is 107 Å². The van der Waals surface area contributed by atoms with E-state index in [9.17, 15) is 22.8 Å². The predicted molar refractivity (Wildman–Crippen MR) is 61.2 cm³/mol. The average Bonchev–Trinajstić information content (AvgIpc) is 2.32. The van der Waals surface area contributed by atoms with Gasteiger partial charge < -0.3 is 5.32 Å². The van der Waals surface area contributed by atoms with Crippen LogP contribution in [0.15, 0.2) is 24.3 Å². The van der Waals surface area contributed by atoms with Gasteiger partial charge in [0.25, 0.3) is 0 Å². The molecule has 19 heavy (non-hydrogen) atoms. The fourth-order valence-corrected chi connectivity index (χ4v) is 1.82. The van der Waals surface area contributed by atoms with Crippen LogP contribution in [0.3, 0.4) is 0 Å². The molecule has 0 bridgehead atoms. The van der Waals surface area contributed by atoms with Gasteiger partial charge in [-0.05, 0) is 24.6 Å². The normalized spacial score (nSPS) is 20.1. The molecule has 1 aliphatic heterocycles. The van der Waals surface area contributed by atoms with Crippen LogP contribution >= 0.6 is 0 Å². The molecule has 1 aromatic carbocycles. The largest absolute Gasteiger partial charge is 0.416 e. The van der Waals surface area contributed by atoms with Gasteiger partial charge in [-0.25, -0.2) is 0 Å². The number of amides is 2. The zero-order valence-corrected chi connectivity index (χ0v) is 9.75. The SMILES string of the molecule is O=C1CCC(Nc2cccc(C(F)(F)F)c2)C(=O)N1. The van der Waals surface area contributed by atoms with E-state index in [0.717, 1.165) is 12.1 Å². The standard InChI is InChI=1S/C12H11F3N2O2/c13-12(14,15)7-2-1-3-8(6-7)16-9-4-5-10(18)17-11(9)19/h1-3,6,9,16H,4-5H2,(H,17,18,19). The first kappa shape index (κ1) is 13.4. The predicted octanol–water partition coefficient (Wildman–Crippen LogP) is 1.92. The maximum absolute atomic E-state index is 12.5. The first-order chi connectivity index (χ1) is 8.86. The number of rotatable bonds is 2. The van der Waals surface area contributed by atoms with Crippen LogP contribution in [0.1, 0.15) is 18.4 Å². The van der Waals surface area contributed by atoms with Gasteiger partial charge in [-0.3, -0.25) is 14.9 Å². The number of hydrogen-bond acceptors (Lipinski definition) is 3. The van der Waals surface area contributed by atoms with Crippen LogP contribution in [-0.2, 0) is 15.8 Å². The van der Waals surface area contributed by atoms with E-state index in [1.807, 2.05) is 0 Å². The van der Waals surface area contributed by atoms with Crippen LogP contribution in [0.4, 0.5) is 18.9 Å². The molecule has 1 atom stereocenters. The maximum Gasteiger partial charge on any atom is 0.416 e. The zero-order valence-electron chi connectivity index (χ0n) is 9.75. The smallest absolute Gasteiger partial charge is 0.374 e. The number of carbonyl (C=O) groups excluding carboxylic acids is 2. The van der Waals surface area contributed by atoms with Crippen LogP contribution in [0.5, 0.6) is 0 Å². The fraction of sp³-hybridized carbons (Fsp3) is 0.333. The van der Waals surface area contributed by atoms with E-state index in [4.69, 9.17) is 0 Å². The minimum absolute atomic E-state index is 0.169. The van der Waals surface area contributed by atoms with Gasteiger partial charge in [0, 0.05) is 12.1 Å². The summed E-state index contributed by atoms with van der Waals surface area (Å²) in [5.41, 5.74) is -0.589. The Hall–Kier alpha value is -2.05. The second kappa shape index (κ2) is 4.91. The molecule has 1 aromatic rings. The van der Waals surface area contributed by atoms with Crippen molar-refractivity contribution in [3.63, 3.8) is 0 Å². The third kappa shape index (κ3) is 3.24. The van der Waals surface area contributed by atoms with Gasteiger partial charge in [0.1, 0.15) is 6.04 Å². The van der Waals surface area contributed by atoms with Gasteiger partial charge >= 0.3 is 6.18 Å². The Morgan fingerprint density at radius 1 is 1.26 bits per heavy atom. The second-order valence-electron chi connectivity index (χ2n) is 4.23. The molecule has 0 spiro atoms. The summed E-state index contributed by atoms with van der Waals surface area (Å²) in [6.07, 6.45) is -3.99. The average molecular weight is 272 g/mol. The van der Waals surface area contributed by atoms with Crippen LogP contribution in [0.25, 0.3) is 0 Å². The molecular weight excluding hydrogens is 261 g/mol. The molecule has 2 N–H and O–H groups in total. The van der Waals surface area contributed by atoms with Crippen molar-refractivity contribution in [2.75, 3.05) is 5.32 Å². The van der Waals surface area contributed by atoms with Crippen molar-refractivity contribution in [1.29, 1.82) is 0 Å². The lowest BCUT2D eigenvalue weighted by Crippen LogP contribution is -2.47. The summed E-state index contributed by atoms with van der Waals surface area (Å²) in [6.45, 7) is 0. The third-order valence-corrected chi connectivity index (χ3v) is 2.77. The summed E-state index contributed by atoms with van der Waals surface area (Å²) in [4.78, 5) is 22.4. The van der Waals surface area contributed by atoms with Crippen molar-refractivity contribution >= 4 is 17.5 Å². The number of imide groups is 1. The highest BCUT2D eigenvalue weighted by Crippen LogP contribution is 2.30. The number of halogens is 3. The van der Waals surface area contributed by atoms with Crippen LogP contribution < -0.4 is 10.6 Å².